The first-order valence-electron chi connectivity index (χ1n) is 13.3. The summed E-state index contributed by atoms with van der Waals surface area (Å²) in [5, 5.41) is 3.68. The maximum Gasteiger partial charge on any atom is 0.128 e. The molecule has 8 nitrogen and oxygen atoms in total. The molecule has 5 heterocycles. The van der Waals surface area contributed by atoms with E-state index in [0.717, 1.165) is 55.4 Å². The molecule has 0 amide bonds. The van der Waals surface area contributed by atoms with Crippen LogP contribution in [0.3, 0.4) is 0 Å². The van der Waals surface area contributed by atoms with Crippen LogP contribution in [-0.2, 0) is 24.1 Å². The minimum absolute atomic E-state index is 0. The second-order valence-electron chi connectivity index (χ2n) is 10.1. The molecule has 0 N–H and O–H groups in total. The van der Waals surface area contributed by atoms with Gasteiger partial charge in [0.2, 0.25) is 0 Å². The quantitative estimate of drug-likeness (QED) is 0.119. The summed E-state index contributed by atoms with van der Waals surface area (Å²) < 4.78 is 2.01. The molecule has 0 unspecified atom stereocenters. The topological polar surface area (TPSA) is 96.5 Å². The van der Waals surface area contributed by atoms with Crippen LogP contribution in [0.15, 0.2) is 97.1 Å². The van der Waals surface area contributed by atoms with Crippen LogP contribution >= 0.6 is 0 Å². The van der Waals surface area contributed by atoms with Crippen molar-refractivity contribution in [3.8, 4) is 45.6 Å². The van der Waals surface area contributed by atoms with E-state index in [1.807, 2.05) is 96.5 Å². The molecule has 0 spiro atoms. The number of hydrogen-bond acceptors (Lipinski definition) is 5. The van der Waals surface area contributed by atoms with Gasteiger partial charge in [-0.1, -0.05) is 97.1 Å². The SMILES string of the molecule is C[n+]1c2nc3[n-]c(nc4nc(nc5[n-]c(nc1-c1ccccc1-2)c1ccccc51)-c1ccccc1-4)c1ccccc31.[CH3-].[Cu]. The third-order valence-corrected chi connectivity index (χ3v) is 7.75. The second-order valence-corrected chi connectivity index (χ2v) is 10.1. The smallest absolute Gasteiger partial charge is 0.128 e. The Kier molecular flexibility index (Phi) is 6.16. The average molecular weight is 606 g/mol. The average Bonchev–Trinajstić information content (AvgIpc) is 3.72. The predicted molar refractivity (Wildman–Crippen MR) is 164 cm³/mol. The molecule has 7 aromatic rings. The number of benzene rings is 4. The maximum absolute atomic E-state index is 5.12. The number of rotatable bonds is 0. The van der Waals surface area contributed by atoms with Crippen molar-refractivity contribution in [1.29, 1.82) is 0 Å². The van der Waals surface area contributed by atoms with Gasteiger partial charge >= 0.3 is 0 Å². The minimum Gasteiger partial charge on any atom is -0.358 e. The van der Waals surface area contributed by atoms with E-state index in [1.54, 1.807) is 0 Å². The molecule has 8 bridgehead atoms. The second kappa shape index (κ2) is 9.94. The molecule has 43 heavy (non-hydrogen) atoms. The molecule has 4 aromatic carbocycles. The number of fused-ring (bicyclic) bond motifs is 20. The third kappa shape index (κ3) is 3.90. The zero-order chi connectivity index (χ0) is 27.1. The van der Waals surface area contributed by atoms with Crippen molar-refractivity contribution >= 4 is 44.1 Å². The summed E-state index contributed by atoms with van der Waals surface area (Å²) in [5.41, 5.74) is 6.12. The van der Waals surface area contributed by atoms with Crippen molar-refractivity contribution < 1.29 is 21.6 Å². The van der Waals surface area contributed by atoms with Gasteiger partial charge in [-0.25, -0.2) is 4.98 Å². The molecule has 211 valence electrons. The summed E-state index contributed by atoms with van der Waals surface area (Å²) in [4.78, 5) is 35.0. The molecule has 0 saturated heterocycles. The molecule has 9 rings (SSSR count). The van der Waals surface area contributed by atoms with Crippen molar-refractivity contribution in [3.05, 3.63) is 104 Å². The fourth-order valence-corrected chi connectivity index (χ4v) is 5.80. The Balaban J connectivity index is 0.00000150. The van der Waals surface area contributed by atoms with Crippen molar-refractivity contribution in [2.75, 3.05) is 0 Å². The number of hydrogen-bond donors (Lipinski definition) is 0. The first-order valence-corrected chi connectivity index (χ1v) is 13.3. The van der Waals surface area contributed by atoms with Crippen molar-refractivity contribution in [1.82, 2.24) is 34.9 Å². The van der Waals surface area contributed by atoms with Crippen molar-refractivity contribution in [2.45, 2.75) is 0 Å². The fourth-order valence-electron chi connectivity index (χ4n) is 5.80. The van der Waals surface area contributed by atoms with Gasteiger partial charge in [0.1, 0.15) is 11.6 Å². The van der Waals surface area contributed by atoms with Crippen LogP contribution in [0.2, 0.25) is 0 Å². The largest absolute Gasteiger partial charge is 0.358 e. The van der Waals surface area contributed by atoms with Gasteiger partial charge in [0, 0.05) is 61.9 Å². The summed E-state index contributed by atoms with van der Waals surface area (Å²) >= 11 is 0. The monoisotopic (exact) mass is 605 g/mol. The molecular formula is C34H22CuN8-2. The molecule has 9 heteroatoms. The van der Waals surface area contributed by atoms with E-state index in [0.29, 0.717) is 34.2 Å². The zero-order valence-electron chi connectivity index (χ0n) is 23.1. The van der Waals surface area contributed by atoms with Gasteiger partial charge in [0.25, 0.3) is 0 Å². The molecule has 0 aliphatic carbocycles. The molecule has 3 aromatic heterocycles. The Labute approximate surface area is 257 Å². The maximum atomic E-state index is 5.12. The van der Waals surface area contributed by atoms with Gasteiger partial charge in [-0.05, 0) is 21.5 Å². The van der Waals surface area contributed by atoms with Gasteiger partial charge in [0.05, 0.1) is 18.7 Å². The van der Waals surface area contributed by atoms with Crippen LogP contribution in [0.25, 0.3) is 89.7 Å². The molecule has 0 saturated carbocycles. The van der Waals surface area contributed by atoms with Crippen LogP contribution in [0, 0.1) is 7.43 Å². The van der Waals surface area contributed by atoms with Crippen LogP contribution in [-0.4, -0.2) is 24.9 Å². The minimum atomic E-state index is 0. The molecule has 0 fully saturated rings. The summed E-state index contributed by atoms with van der Waals surface area (Å²) in [7, 11) is 1.98. The summed E-state index contributed by atoms with van der Waals surface area (Å²) in [6.45, 7) is 0. The van der Waals surface area contributed by atoms with Gasteiger partial charge in [-0.15, -0.1) is 0 Å². The van der Waals surface area contributed by atoms with E-state index in [4.69, 9.17) is 34.9 Å². The standard InChI is InChI=1S/C33H19N8.CH3.Cu/c1-41-32-24-16-8-9-17-25(24)33(41)40-31-23-15-7-5-13-21(23)29(38-31)36-27-19-11-3-2-10-18(19)26(34-27)35-28-20-12-4-6-14-22(20)30(37-28)39-32;;/h2-17H,1H3;1H3;/q2*-1;. The Hall–Kier alpha value is -5.24. The Morgan fingerprint density at radius 3 is 1.16 bits per heavy atom. The van der Waals surface area contributed by atoms with E-state index in [9.17, 15) is 0 Å². The van der Waals surface area contributed by atoms with Crippen LogP contribution in [0.1, 0.15) is 0 Å². The van der Waals surface area contributed by atoms with E-state index in [2.05, 4.69) is 12.1 Å². The van der Waals surface area contributed by atoms with Crippen LogP contribution in [0.4, 0.5) is 0 Å². The van der Waals surface area contributed by atoms with Crippen LogP contribution < -0.4 is 14.5 Å². The molecule has 2 aliphatic heterocycles. The van der Waals surface area contributed by atoms with Gasteiger partial charge in [0.15, 0.2) is 0 Å². The predicted octanol–water partition coefficient (Wildman–Crippen LogP) is 6.00. The van der Waals surface area contributed by atoms with Crippen LogP contribution in [0.5, 0.6) is 0 Å². The molecular weight excluding hydrogens is 584 g/mol. The number of aromatic nitrogens is 8. The molecule has 1 radical (unpaired) electrons. The normalized spacial score (nSPS) is 11.5. The summed E-state index contributed by atoms with van der Waals surface area (Å²) in [6, 6.07) is 32.2. The molecule has 0 atom stereocenters. The summed E-state index contributed by atoms with van der Waals surface area (Å²) in [6.07, 6.45) is 0. The first-order chi connectivity index (χ1) is 20.2. The van der Waals surface area contributed by atoms with Gasteiger partial charge in [-0.2, -0.15) is 0 Å². The third-order valence-electron chi connectivity index (χ3n) is 7.75. The molecule has 2 aliphatic rings. The Morgan fingerprint density at radius 1 is 0.442 bits per heavy atom. The van der Waals surface area contributed by atoms with Crippen molar-refractivity contribution in [2.24, 2.45) is 7.05 Å². The Morgan fingerprint density at radius 2 is 0.767 bits per heavy atom. The first kappa shape index (κ1) is 26.6. The van der Waals surface area contributed by atoms with E-state index < -0.39 is 0 Å². The van der Waals surface area contributed by atoms with E-state index in [-0.39, 0.29) is 24.5 Å². The van der Waals surface area contributed by atoms with E-state index in [1.165, 1.54) is 0 Å². The van der Waals surface area contributed by atoms with Gasteiger partial charge in [-0.3, -0.25) is 4.57 Å². The fraction of sp³-hybridized carbons (Fsp3) is 0.0294. The summed E-state index contributed by atoms with van der Waals surface area (Å²) in [5.74, 6) is 2.66. The van der Waals surface area contributed by atoms with Gasteiger partial charge < -0.3 is 37.3 Å². The van der Waals surface area contributed by atoms with Crippen molar-refractivity contribution in [3.63, 3.8) is 0 Å². The Bertz CT molecular complexity index is 2240. The zero-order valence-corrected chi connectivity index (χ0v) is 24.1. The van der Waals surface area contributed by atoms with E-state index >= 15 is 0 Å². The number of nitrogens with zero attached hydrogens (tertiary/aromatic N) is 8.